The quantitative estimate of drug-likeness (QED) is 0.442. The molecule has 10 atom stereocenters. The zero-order valence-electron chi connectivity index (χ0n) is 21.3. The fourth-order valence-corrected chi connectivity index (χ4v) is 11.8. The van der Waals surface area contributed by atoms with Gasteiger partial charge < -0.3 is 0 Å². The van der Waals surface area contributed by atoms with Crippen LogP contribution in [-0.4, -0.2) is 11.6 Å². The lowest BCUT2D eigenvalue weighted by Crippen LogP contribution is -2.43. The molecule has 6 saturated carbocycles. The molecule has 0 unspecified atom stereocenters. The number of rotatable bonds is 2. The van der Waals surface area contributed by atoms with Gasteiger partial charge in [-0.15, -0.1) is 0 Å². The van der Waals surface area contributed by atoms with Crippen molar-refractivity contribution >= 4 is 11.6 Å². The molecule has 6 aliphatic rings. The Morgan fingerprint density at radius 2 is 1.47 bits per heavy atom. The molecule has 6 rings (SSSR count). The first kappa shape index (κ1) is 21.6. The fourth-order valence-electron chi connectivity index (χ4n) is 11.8. The van der Waals surface area contributed by atoms with E-state index in [0.717, 1.165) is 24.8 Å². The topological polar surface area (TPSA) is 34.1 Å². The molecule has 2 heteroatoms. The summed E-state index contributed by atoms with van der Waals surface area (Å²) in [5.74, 6) is 4.41. The normalized spacial score (nSPS) is 54.8. The van der Waals surface area contributed by atoms with Gasteiger partial charge in [0.2, 0.25) is 0 Å². The fraction of sp³-hybridized carbons (Fsp3) is 0.867. The standard InChI is InChI=1S/C30H44O2/c1-16-9-11-21-25-19(26(32)18(3)29(16,25)14-28(21,6)7)12-23-24(31)13-22-20-10-8-17(2)30(22,23)15-27(20,4)5/h16-17,19-23,25H,3,8-15H2,1-2,4-7H3/t16-,17-,19+,20-,21-,22-,23+,25+,29+,30-/m0/s1. The molecule has 0 saturated heterocycles. The second kappa shape index (κ2) is 6.19. The van der Waals surface area contributed by atoms with E-state index in [0.29, 0.717) is 52.5 Å². The molecule has 4 bridgehead atoms. The summed E-state index contributed by atoms with van der Waals surface area (Å²) in [5, 5.41) is 0. The Morgan fingerprint density at radius 3 is 2.19 bits per heavy atom. The van der Waals surface area contributed by atoms with Gasteiger partial charge in [-0.1, -0.05) is 48.1 Å². The Bertz CT molecular complexity index is 910. The lowest BCUT2D eigenvalue weighted by atomic mass is 9.56. The van der Waals surface area contributed by atoms with Crippen molar-refractivity contribution in [2.45, 2.75) is 92.9 Å². The maximum atomic E-state index is 13.9. The zero-order valence-corrected chi connectivity index (χ0v) is 21.3. The van der Waals surface area contributed by atoms with E-state index in [2.05, 4.69) is 48.1 Å². The molecule has 0 heterocycles. The molecule has 0 amide bonds. The summed E-state index contributed by atoms with van der Waals surface area (Å²) in [5.41, 5.74) is 1.70. The van der Waals surface area contributed by atoms with Crippen molar-refractivity contribution in [2.75, 3.05) is 0 Å². The summed E-state index contributed by atoms with van der Waals surface area (Å²) in [6.07, 6.45) is 8.95. The second-order valence-corrected chi connectivity index (χ2v) is 14.7. The molecular weight excluding hydrogens is 392 g/mol. The molecule has 6 aliphatic carbocycles. The van der Waals surface area contributed by atoms with Gasteiger partial charge in [-0.25, -0.2) is 0 Å². The molecule has 176 valence electrons. The van der Waals surface area contributed by atoms with E-state index in [1.165, 1.54) is 32.1 Å². The molecular formula is C30H44O2. The van der Waals surface area contributed by atoms with E-state index in [1.54, 1.807) is 0 Å². The predicted octanol–water partition coefficient (Wildman–Crippen LogP) is 6.88. The Kier molecular flexibility index (Phi) is 4.18. The first-order valence-electron chi connectivity index (χ1n) is 13.6. The highest BCUT2D eigenvalue weighted by Gasteiger charge is 2.73. The third kappa shape index (κ3) is 2.24. The summed E-state index contributed by atoms with van der Waals surface area (Å²) in [6, 6.07) is 0. The lowest BCUT2D eigenvalue weighted by molar-refractivity contribution is -0.126. The average molecular weight is 437 g/mol. The van der Waals surface area contributed by atoms with Gasteiger partial charge in [-0.3, -0.25) is 9.59 Å². The number of carbonyl (C=O) groups is 2. The number of hydrogen-bond acceptors (Lipinski definition) is 2. The maximum Gasteiger partial charge on any atom is 0.162 e. The van der Waals surface area contributed by atoms with E-state index in [4.69, 9.17) is 0 Å². The third-order valence-corrected chi connectivity index (χ3v) is 12.9. The highest BCUT2D eigenvalue weighted by molar-refractivity contribution is 6.02. The van der Waals surface area contributed by atoms with Crippen LogP contribution in [0.25, 0.3) is 0 Å². The SMILES string of the molecule is C=C1C(=O)[C@H](C[C@@H]2C(=O)C[C@H]3[C@@H]4CC[C@H](C)[C@]23CC4(C)C)[C@@H]2[C@@H]3CC[C@H](C)[C@]12CC3(C)C. The zero-order chi connectivity index (χ0) is 23.0. The molecule has 0 aromatic heterocycles. The minimum Gasteiger partial charge on any atom is -0.299 e. The molecule has 6 fully saturated rings. The summed E-state index contributed by atoms with van der Waals surface area (Å²) in [7, 11) is 0. The summed E-state index contributed by atoms with van der Waals surface area (Å²) in [4.78, 5) is 27.5. The van der Waals surface area contributed by atoms with Crippen LogP contribution in [0.1, 0.15) is 92.9 Å². The van der Waals surface area contributed by atoms with Gasteiger partial charge in [0.05, 0.1) is 0 Å². The van der Waals surface area contributed by atoms with Crippen molar-refractivity contribution in [2.24, 2.45) is 69.0 Å². The second-order valence-electron chi connectivity index (χ2n) is 14.7. The van der Waals surface area contributed by atoms with Gasteiger partial charge in [0.1, 0.15) is 5.78 Å². The first-order valence-corrected chi connectivity index (χ1v) is 13.6. The number of ketones is 2. The van der Waals surface area contributed by atoms with Crippen LogP contribution < -0.4 is 0 Å². The van der Waals surface area contributed by atoms with Crippen molar-refractivity contribution in [1.29, 1.82) is 0 Å². The van der Waals surface area contributed by atoms with Crippen LogP contribution in [0, 0.1) is 69.0 Å². The van der Waals surface area contributed by atoms with Gasteiger partial charge in [0.15, 0.2) is 5.78 Å². The van der Waals surface area contributed by atoms with Crippen molar-refractivity contribution in [3.63, 3.8) is 0 Å². The van der Waals surface area contributed by atoms with Crippen molar-refractivity contribution < 1.29 is 9.59 Å². The van der Waals surface area contributed by atoms with E-state index in [-0.39, 0.29) is 28.1 Å². The minimum atomic E-state index is 0.00253. The van der Waals surface area contributed by atoms with E-state index < -0.39 is 0 Å². The van der Waals surface area contributed by atoms with Crippen LogP contribution in [0.4, 0.5) is 0 Å². The van der Waals surface area contributed by atoms with E-state index in [1.807, 2.05) is 0 Å². The van der Waals surface area contributed by atoms with Crippen LogP contribution in [0.5, 0.6) is 0 Å². The first-order chi connectivity index (χ1) is 14.9. The van der Waals surface area contributed by atoms with E-state index in [9.17, 15) is 9.59 Å². The molecule has 0 spiro atoms. The summed E-state index contributed by atoms with van der Waals surface area (Å²) >= 11 is 0. The Morgan fingerprint density at radius 1 is 0.844 bits per heavy atom. The van der Waals surface area contributed by atoms with E-state index >= 15 is 0 Å². The van der Waals surface area contributed by atoms with Crippen LogP contribution in [0.15, 0.2) is 12.2 Å². The Balaban J connectivity index is 1.41. The smallest absolute Gasteiger partial charge is 0.162 e. The van der Waals surface area contributed by atoms with Gasteiger partial charge in [0.25, 0.3) is 0 Å². The predicted molar refractivity (Wildman–Crippen MR) is 128 cm³/mol. The van der Waals surface area contributed by atoms with Crippen LogP contribution in [0.3, 0.4) is 0 Å². The third-order valence-electron chi connectivity index (χ3n) is 12.9. The summed E-state index contributed by atoms with van der Waals surface area (Å²) < 4.78 is 0. The lowest BCUT2D eigenvalue weighted by Gasteiger charge is -2.47. The Labute approximate surface area is 195 Å². The minimum absolute atomic E-state index is 0.00253. The number of Topliss-reactive ketones (excluding diaryl/α,β-unsaturated/α-hetero) is 2. The maximum absolute atomic E-state index is 13.9. The number of allylic oxidation sites excluding steroid dienone is 1. The van der Waals surface area contributed by atoms with Gasteiger partial charge in [-0.05, 0) is 102 Å². The van der Waals surface area contributed by atoms with Crippen LogP contribution in [0.2, 0.25) is 0 Å². The molecule has 2 nitrogen and oxygen atoms in total. The number of hydrogen-bond donors (Lipinski definition) is 0. The highest BCUT2D eigenvalue weighted by atomic mass is 16.1. The molecule has 0 aromatic carbocycles. The molecule has 32 heavy (non-hydrogen) atoms. The molecule has 0 N–H and O–H groups in total. The van der Waals surface area contributed by atoms with Crippen molar-refractivity contribution in [3.05, 3.63) is 12.2 Å². The summed E-state index contributed by atoms with van der Waals surface area (Å²) in [6.45, 7) is 19.1. The average Bonchev–Trinajstić information content (AvgIpc) is 3.21. The molecule has 0 aliphatic heterocycles. The largest absolute Gasteiger partial charge is 0.299 e. The van der Waals surface area contributed by atoms with Crippen molar-refractivity contribution in [3.8, 4) is 0 Å². The van der Waals surface area contributed by atoms with Crippen molar-refractivity contribution in [1.82, 2.24) is 0 Å². The molecule has 0 radical (unpaired) electrons. The van der Waals surface area contributed by atoms with Gasteiger partial charge in [-0.2, -0.15) is 0 Å². The van der Waals surface area contributed by atoms with Gasteiger partial charge in [0, 0.05) is 23.7 Å². The highest BCUT2D eigenvalue weighted by Crippen LogP contribution is 2.76. The number of carbonyl (C=O) groups excluding carboxylic acids is 2. The monoisotopic (exact) mass is 436 g/mol. The Hall–Kier alpha value is -0.920. The van der Waals surface area contributed by atoms with Gasteiger partial charge >= 0.3 is 0 Å². The van der Waals surface area contributed by atoms with Crippen LogP contribution >= 0.6 is 0 Å². The molecule has 0 aromatic rings. The van der Waals surface area contributed by atoms with Crippen LogP contribution in [-0.2, 0) is 9.59 Å².